The Morgan fingerprint density at radius 1 is 0.833 bits per heavy atom. The van der Waals surface area contributed by atoms with Gasteiger partial charge in [-0.05, 0) is 91.3 Å². The SMILES string of the molecule is CC1(C)CCCC(C)(C)NCC1.CC1CCCCCN(C)C1(C)C. The zero-order chi connectivity index (χ0) is 18.4. The Kier molecular flexibility index (Phi) is 8.26. The smallest absolute Gasteiger partial charge is 0.0175 e. The predicted octanol–water partition coefficient (Wildman–Crippen LogP) is 5.86. The maximum Gasteiger partial charge on any atom is 0.0175 e. The highest BCUT2D eigenvalue weighted by atomic mass is 15.2. The molecule has 0 saturated carbocycles. The summed E-state index contributed by atoms with van der Waals surface area (Å²) < 4.78 is 0. The number of hydrogen-bond donors (Lipinski definition) is 1. The second kappa shape index (κ2) is 9.03. The molecule has 0 amide bonds. The molecule has 2 heteroatoms. The zero-order valence-corrected chi connectivity index (χ0v) is 18.1. The lowest BCUT2D eigenvalue weighted by Gasteiger charge is -2.42. The molecular weight excluding hydrogens is 292 g/mol. The number of nitrogens with zero attached hydrogens (tertiary/aromatic N) is 1. The Hall–Kier alpha value is -0.0800. The van der Waals surface area contributed by atoms with Crippen LogP contribution in [-0.2, 0) is 0 Å². The highest BCUT2D eigenvalue weighted by Crippen LogP contribution is 2.31. The number of nitrogens with one attached hydrogen (secondary N) is 1. The fourth-order valence-electron chi connectivity index (χ4n) is 3.96. The van der Waals surface area contributed by atoms with Gasteiger partial charge in [0.25, 0.3) is 0 Å². The van der Waals surface area contributed by atoms with E-state index in [9.17, 15) is 0 Å². The highest BCUT2D eigenvalue weighted by Gasteiger charge is 2.30. The normalized spacial score (nSPS) is 30.8. The summed E-state index contributed by atoms with van der Waals surface area (Å²) in [5, 5.41) is 3.62. The summed E-state index contributed by atoms with van der Waals surface area (Å²) in [4.78, 5) is 2.52. The lowest BCUT2D eigenvalue weighted by Crippen LogP contribution is -2.47. The number of rotatable bonds is 0. The van der Waals surface area contributed by atoms with Crippen molar-refractivity contribution in [3.8, 4) is 0 Å². The van der Waals surface area contributed by atoms with Gasteiger partial charge >= 0.3 is 0 Å². The van der Waals surface area contributed by atoms with Crippen molar-refractivity contribution in [3.63, 3.8) is 0 Å². The minimum absolute atomic E-state index is 0.372. The molecular formula is C22H46N2. The van der Waals surface area contributed by atoms with Crippen LogP contribution in [0, 0.1) is 11.3 Å². The van der Waals surface area contributed by atoms with Crippen LogP contribution in [0.1, 0.15) is 99.8 Å². The molecule has 0 aromatic carbocycles. The maximum absolute atomic E-state index is 3.62. The second-order valence-electron chi connectivity index (χ2n) is 10.4. The van der Waals surface area contributed by atoms with Gasteiger partial charge in [0.15, 0.2) is 0 Å². The van der Waals surface area contributed by atoms with Crippen molar-refractivity contribution in [3.05, 3.63) is 0 Å². The molecule has 2 rings (SSSR count). The molecule has 1 N–H and O–H groups in total. The topological polar surface area (TPSA) is 15.3 Å². The molecule has 144 valence electrons. The first-order chi connectivity index (χ1) is 11.0. The van der Waals surface area contributed by atoms with Crippen LogP contribution in [-0.4, -0.2) is 36.1 Å². The molecule has 2 heterocycles. The molecule has 2 aliphatic heterocycles. The zero-order valence-electron chi connectivity index (χ0n) is 18.1. The van der Waals surface area contributed by atoms with E-state index in [2.05, 4.69) is 65.7 Å². The molecule has 2 aliphatic rings. The van der Waals surface area contributed by atoms with Crippen LogP contribution in [0.15, 0.2) is 0 Å². The molecule has 2 saturated heterocycles. The third-order valence-corrected chi connectivity index (χ3v) is 6.88. The van der Waals surface area contributed by atoms with E-state index in [1.54, 1.807) is 0 Å². The van der Waals surface area contributed by atoms with Gasteiger partial charge in [0.1, 0.15) is 0 Å². The van der Waals surface area contributed by atoms with E-state index in [0.717, 1.165) is 5.92 Å². The van der Waals surface area contributed by atoms with E-state index in [1.807, 2.05) is 0 Å². The molecule has 0 bridgehead atoms. The lowest BCUT2D eigenvalue weighted by atomic mass is 9.80. The predicted molar refractivity (Wildman–Crippen MR) is 109 cm³/mol. The standard InChI is InChI=1S/2C11H23N/c1-10(2)6-5-7-11(3,4)12-9-8-10;1-10-8-6-5-7-9-12(4)11(10,2)3/h12H,5-9H2,1-4H3;10H,5-9H2,1-4H3. The molecule has 0 aliphatic carbocycles. The average Bonchev–Trinajstić information content (AvgIpc) is 2.43. The number of hydrogen-bond acceptors (Lipinski definition) is 2. The summed E-state index contributed by atoms with van der Waals surface area (Å²) in [5.74, 6) is 0.836. The van der Waals surface area contributed by atoms with E-state index >= 15 is 0 Å². The molecule has 1 atom stereocenters. The van der Waals surface area contributed by atoms with Crippen LogP contribution >= 0.6 is 0 Å². The fraction of sp³-hybridized carbons (Fsp3) is 1.00. The van der Waals surface area contributed by atoms with Crippen molar-refractivity contribution in [2.75, 3.05) is 20.1 Å². The molecule has 0 aromatic heterocycles. The quantitative estimate of drug-likeness (QED) is 0.595. The maximum atomic E-state index is 3.62. The van der Waals surface area contributed by atoms with Gasteiger partial charge in [-0.1, -0.05) is 40.0 Å². The van der Waals surface area contributed by atoms with Crippen LogP contribution < -0.4 is 5.32 Å². The van der Waals surface area contributed by atoms with Crippen LogP contribution in [0.3, 0.4) is 0 Å². The van der Waals surface area contributed by atoms with E-state index in [-0.39, 0.29) is 0 Å². The molecule has 0 spiro atoms. The first-order valence-corrected chi connectivity index (χ1v) is 10.4. The monoisotopic (exact) mass is 338 g/mol. The van der Waals surface area contributed by atoms with Crippen LogP contribution in [0.5, 0.6) is 0 Å². The Bertz CT molecular complexity index is 313. The van der Waals surface area contributed by atoms with Crippen molar-refractivity contribution in [2.45, 2.75) is 111 Å². The highest BCUT2D eigenvalue weighted by molar-refractivity contribution is 4.86. The van der Waals surface area contributed by atoms with E-state index in [1.165, 1.54) is 64.5 Å². The second-order valence-corrected chi connectivity index (χ2v) is 10.4. The van der Waals surface area contributed by atoms with Crippen molar-refractivity contribution >= 4 is 0 Å². The molecule has 2 fully saturated rings. The summed E-state index contributed by atoms with van der Waals surface area (Å²) in [6.07, 6.45) is 11.0. The van der Waals surface area contributed by atoms with Gasteiger partial charge in [0, 0.05) is 11.1 Å². The molecule has 2 nitrogen and oxygen atoms in total. The van der Waals surface area contributed by atoms with Gasteiger partial charge in [-0.2, -0.15) is 0 Å². The summed E-state index contributed by atoms with van der Waals surface area (Å²) in [6.45, 7) is 19.0. The van der Waals surface area contributed by atoms with Crippen LogP contribution in [0.4, 0.5) is 0 Å². The largest absolute Gasteiger partial charge is 0.312 e. The molecule has 0 radical (unpaired) electrons. The van der Waals surface area contributed by atoms with Crippen molar-refractivity contribution < 1.29 is 0 Å². The van der Waals surface area contributed by atoms with Gasteiger partial charge in [-0.25, -0.2) is 0 Å². The Balaban J connectivity index is 0.000000240. The van der Waals surface area contributed by atoms with Crippen molar-refractivity contribution in [2.24, 2.45) is 11.3 Å². The summed E-state index contributed by atoms with van der Waals surface area (Å²) in [5.41, 5.74) is 1.33. The van der Waals surface area contributed by atoms with Gasteiger partial charge in [-0.15, -0.1) is 0 Å². The minimum atomic E-state index is 0.372. The summed E-state index contributed by atoms with van der Waals surface area (Å²) in [6, 6.07) is 0. The Labute approximate surface area is 153 Å². The Morgan fingerprint density at radius 2 is 1.50 bits per heavy atom. The van der Waals surface area contributed by atoms with Gasteiger partial charge < -0.3 is 10.2 Å². The molecule has 0 aromatic rings. The van der Waals surface area contributed by atoms with E-state index < -0.39 is 0 Å². The average molecular weight is 339 g/mol. The Morgan fingerprint density at radius 3 is 2.17 bits per heavy atom. The molecule has 24 heavy (non-hydrogen) atoms. The third-order valence-electron chi connectivity index (χ3n) is 6.88. The summed E-state index contributed by atoms with van der Waals surface area (Å²) >= 11 is 0. The summed E-state index contributed by atoms with van der Waals surface area (Å²) in [7, 11) is 2.27. The van der Waals surface area contributed by atoms with Crippen molar-refractivity contribution in [1.29, 1.82) is 0 Å². The number of likely N-dealkylation sites (tertiary alicyclic amines) is 1. The van der Waals surface area contributed by atoms with Crippen LogP contribution in [0.25, 0.3) is 0 Å². The van der Waals surface area contributed by atoms with Gasteiger partial charge in [-0.3, -0.25) is 0 Å². The first kappa shape index (κ1) is 22.0. The molecule has 1 unspecified atom stereocenters. The van der Waals surface area contributed by atoms with Gasteiger partial charge in [0.2, 0.25) is 0 Å². The minimum Gasteiger partial charge on any atom is -0.312 e. The van der Waals surface area contributed by atoms with Crippen LogP contribution in [0.2, 0.25) is 0 Å². The van der Waals surface area contributed by atoms with Gasteiger partial charge in [0.05, 0.1) is 0 Å². The lowest BCUT2D eigenvalue weighted by molar-refractivity contribution is 0.0787. The van der Waals surface area contributed by atoms with E-state index in [4.69, 9.17) is 0 Å². The third kappa shape index (κ3) is 7.44. The first-order valence-electron chi connectivity index (χ1n) is 10.4. The van der Waals surface area contributed by atoms with Crippen molar-refractivity contribution in [1.82, 2.24) is 10.2 Å². The van der Waals surface area contributed by atoms with E-state index in [0.29, 0.717) is 16.5 Å². The fourth-order valence-corrected chi connectivity index (χ4v) is 3.96.